The number of aromatic nitrogens is 2. The van der Waals surface area contributed by atoms with Gasteiger partial charge in [-0.3, -0.25) is 14.6 Å². The summed E-state index contributed by atoms with van der Waals surface area (Å²) >= 11 is 1.34. The summed E-state index contributed by atoms with van der Waals surface area (Å²) in [6, 6.07) is 23.5. The minimum Gasteiger partial charge on any atom is -0.345 e. The lowest BCUT2D eigenvalue weighted by Gasteiger charge is -2.19. The molecule has 1 atom stereocenters. The van der Waals surface area contributed by atoms with Crippen molar-refractivity contribution in [2.75, 3.05) is 5.32 Å². The van der Waals surface area contributed by atoms with Gasteiger partial charge >= 0.3 is 0 Å². The molecule has 2 aromatic heterocycles. The van der Waals surface area contributed by atoms with Crippen LogP contribution in [0.3, 0.4) is 0 Å². The van der Waals surface area contributed by atoms with E-state index >= 15 is 0 Å². The van der Waals surface area contributed by atoms with Crippen LogP contribution in [0.5, 0.6) is 0 Å². The Hall–Kier alpha value is -3.84. The lowest BCUT2D eigenvalue weighted by atomic mass is 10.0. The molecule has 0 aliphatic rings. The highest BCUT2D eigenvalue weighted by molar-refractivity contribution is 7.14. The molecule has 0 aliphatic heterocycles. The van der Waals surface area contributed by atoms with E-state index in [4.69, 9.17) is 0 Å². The first kappa shape index (κ1) is 20.4. The van der Waals surface area contributed by atoms with E-state index in [0.717, 1.165) is 11.3 Å². The van der Waals surface area contributed by atoms with Gasteiger partial charge in [-0.15, -0.1) is 11.3 Å². The van der Waals surface area contributed by atoms with Gasteiger partial charge in [0, 0.05) is 17.1 Å². The lowest BCUT2D eigenvalue weighted by molar-refractivity contribution is -0.116. The first-order chi connectivity index (χ1) is 15.2. The zero-order valence-electron chi connectivity index (χ0n) is 16.6. The van der Waals surface area contributed by atoms with Crippen molar-refractivity contribution in [1.82, 2.24) is 15.3 Å². The molecule has 6 nitrogen and oxygen atoms in total. The molecule has 7 heteroatoms. The van der Waals surface area contributed by atoms with Crippen molar-refractivity contribution in [1.29, 1.82) is 0 Å². The van der Waals surface area contributed by atoms with Crippen LogP contribution >= 0.6 is 11.3 Å². The highest BCUT2D eigenvalue weighted by Gasteiger charge is 2.20. The van der Waals surface area contributed by atoms with E-state index in [1.807, 2.05) is 60.0 Å². The summed E-state index contributed by atoms with van der Waals surface area (Å²) in [6.45, 7) is 0. The Morgan fingerprint density at radius 2 is 1.58 bits per heavy atom. The maximum atomic E-state index is 12.7. The zero-order chi connectivity index (χ0) is 21.5. The number of benzene rings is 2. The third kappa shape index (κ3) is 5.40. The second-order valence-electron chi connectivity index (χ2n) is 6.81. The molecule has 4 aromatic rings. The third-order valence-corrected chi connectivity index (χ3v) is 5.37. The standard InChI is InChI=1S/C24H20N4O2S/c29-22(28-24-27-21(16-31-24)19-13-7-8-14-25-19)15-20(17-9-3-1-4-10-17)26-23(30)18-11-5-2-6-12-18/h1-14,16,20H,15H2,(H,26,30)(H,27,28,29). The first-order valence-corrected chi connectivity index (χ1v) is 10.6. The number of hydrogen-bond acceptors (Lipinski definition) is 5. The van der Waals surface area contributed by atoms with Crippen LogP contribution in [-0.2, 0) is 4.79 Å². The molecular weight excluding hydrogens is 408 g/mol. The van der Waals surface area contributed by atoms with Crippen molar-refractivity contribution in [3.63, 3.8) is 0 Å². The van der Waals surface area contributed by atoms with E-state index in [2.05, 4.69) is 20.6 Å². The SMILES string of the molecule is O=C(CC(NC(=O)c1ccccc1)c1ccccc1)Nc1nc(-c2ccccn2)cs1. The molecule has 2 aromatic carbocycles. The van der Waals surface area contributed by atoms with Gasteiger partial charge in [0.2, 0.25) is 5.91 Å². The molecule has 0 radical (unpaired) electrons. The van der Waals surface area contributed by atoms with E-state index in [0.29, 0.717) is 16.4 Å². The maximum absolute atomic E-state index is 12.7. The first-order valence-electron chi connectivity index (χ1n) is 9.76. The molecule has 2 amide bonds. The predicted molar refractivity (Wildman–Crippen MR) is 122 cm³/mol. The van der Waals surface area contributed by atoms with Crippen LogP contribution in [0.2, 0.25) is 0 Å². The van der Waals surface area contributed by atoms with Gasteiger partial charge in [0.05, 0.1) is 18.2 Å². The van der Waals surface area contributed by atoms with Crippen molar-refractivity contribution in [2.24, 2.45) is 0 Å². The number of rotatable bonds is 7. The summed E-state index contributed by atoms with van der Waals surface area (Å²) in [5, 5.41) is 8.15. The number of carbonyl (C=O) groups is 2. The monoisotopic (exact) mass is 428 g/mol. The van der Waals surface area contributed by atoms with E-state index in [-0.39, 0.29) is 18.2 Å². The predicted octanol–water partition coefficient (Wildman–Crippen LogP) is 4.71. The fourth-order valence-corrected chi connectivity index (χ4v) is 3.81. The van der Waals surface area contributed by atoms with E-state index in [1.165, 1.54) is 11.3 Å². The van der Waals surface area contributed by atoms with Gasteiger partial charge < -0.3 is 10.6 Å². The molecule has 0 saturated heterocycles. The maximum Gasteiger partial charge on any atom is 0.251 e. The molecule has 0 fully saturated rings. The van der Waals surface area contributed by atoms with Gasteiger partial charge in [0.15, 0.2) is 5.13 Å². The normalized spacial score (nSPS) is 11.5. The number of anilines is 1. The molecule has 4 rings (SSSR count). The van der Waals surface area contributed by atoms with Crippen molar-refractivity contribution < 1.29 is 9.59 Å². The Morgan fingerprint density at radius 1 is 0.871 bits per heavy atom. The molecule has 31 heavy (non-hydrogen) atoms. The Kier molecular flexibility index (Phi) is 6.44. The number of carbonyl (C=O) groups excluding carboxylic acids is 2. The van der Waals surface area contributed by atoms with Crippen LogP contribution in [0.4, 0.5) is 5.13 Å². The quantitative estimate of drug-likeness (QED) is 0.447. The van der Waals surface area contributed by atoms with Crippen LogP contribution in [-0.4, -0.2) is 21.8 Å². The molecule has 2 N–H and O–H groups in total. The van der Waals surface area contributed by atoms with Crippen molar-refractivity contribution in [3.05, 3.63) is 102 Å². The van der Waals surface area contributed by atoms with Crippen molar-refractivity contribution >= 4 is 28.3 Å². The number of hydrogen-bond donors (Lipinski definition) is 2. The van der Waals surface area contributed by atoms with Crippen molar-refractivity contribution in [3.8, 4) is 11.4 Å². The summed E-state index contributed by atoms with van der Waals surface area (Å²) in [5.74, 6) is -0.460. The van der Waals surface area contributed by atoms with Gasteiger partial charge in [-0.25, -0.2) is 4.98 Å². The van der Waals surface area contributed by atoms with Gasteiger partial charge in [0.25, 0.3) is 5.91 Å². The minimum absolute atomic E-state index is 0.0844. The molecule has 2 heterocycles. The summed E-state index contributed by atoms with van der Waals surface area (Å²) < 4.78 is 0. The molecule has 0 spiro atoms. The second kappa shape index (κ2) is 9.77. The number of amides is 2. The molecular formula is C24H20N4O2S. The number of pyridine rings is 1. The highest BCUT2D eigenvalue weighted by Crippen LogP contribution is 2.24. The molecule has 1 unspecified atom stereocenters. The number of thiazole rings is 1. The van der Waals surface area contributed by atoms with E-state index in [9.17, 15) is 9.59 Å². The van der Waals surface area contributed by atoms with Crippen molar-refractivity contribution in [2.45, 2.75) is 12.5 Å². The lowest BCUT2D eigenvalue weighted by Crippen LogP contribution is -2.31. The minimum atomic E-state index is -0.468. The topological polar surface area (TPSA) is 84.0 Å². The van der Waals surface area contributed by atoms with Crippen LogP contribution in [0.1, 0.15) is 28.4 Å². The summed E-state index contributed by atoms with van der Waals surface area (Å²) in [7, 11) is 0. The third-order valence-electron chi connectivity index (χ3n) is 4.61. The Bertz CT molecular complexity index is 1150. The highest BCUT2D eigenvalue weighted by atomic mass is 32.1. The average Bonchev–Trinajstić information content (AvgIpc) is 3.28. The zero-order valence-corrected chi connectivity index (χ0v) is 17.4. The number of nitrogens with zero attached hydrogens (tertiary/aromatic N) is 2. The molecule has 154 valence electrons. The smallest absolute Gasteiger partial charge is 0.251 e. The number of nitrogens with one attached hydrogen (secondary N) is 2. The van der Waals surface area contributed by atoms with Gasteiger partial charge in [-0.05, 0) is 29.8 Å². The van der Waals surface area contributed by atoms with Crippen LogP contribution in [0.15, 0.2) is 90.4 Å². The summed E-state index contributed by atoms with van der Waals surface area (Å²) in [6.07, 6.45) is 1.79. The molecule has 0 aliphatic carbocycles. The average molecular weight is 429 g/mol. The van der Waals surface area contributed by atoms with Crippen LogP contribution < -0.4 is 10.6 Å². The van der Waals surface area contributed by atoms with Gasteiger partial charge in [-0.1, -0.05) is 54.6 Å². The Balaban J connectivity index is 1.46. The summed E-state index contributed by atoms with van der Waals surface area (Å²) in [5.41, 5.74) is 2.86. The molecule has 0 bridgehead atoms. The fourth-order valence-electron chi connectivity index (χ4n) is 3.09. The summed E-state index contributed by atoms with van der Waals surface area (Å²) in [4.78, 5) is 34.1. The Labute approximate surface area is 184 Å². The fraction of sp³-hybridized carbons (Fsp3) is 0.0833. The van der Waals surface area contributed by atoms with E-state index in [1.54, 1.807) is 30.5 Å². The Morgan fingerprint density at radius 3 is 2.29 bits per heavy atom. The van der Waals surface area contributed by atoms with Crippen LogP contribution in [0.25, 0.3) is 11.4 Å². The van der Waals surface area contributed by atoms with E-state index < -0.39 is 6.04 Å². The van der Waals surface area contributed by atoms with Crippen LogP contribution in [0, 0.1) is 0 Å². The second-order valence-corrected chi connectivity index (χ2v) is 7.67. The molecule has 0 saturated carbocycles. The van der Waals surface area contributed by atoms with Gasteiger partial charge in [0.1, 0.15) is 5.69 Å². The largest absolute Gasteiger partial charge is 0.345 e. The van der Waals surface area contributed by atoms with Gasteiger partial charge in [-0.2, -0.15) is 0 Å².